The molecule has 1 fully saturated rings. The molecule has 0 amide bonds. The van der Waals surface area contributed by atoms with Gasteiger partial charge in [0.2, 0.25) is 0 Å². The van der Waals surface area contributed by atoms with Gasteiger partial charge in [0.1, 0.15) is 0 Å². The Morgan fingerprint density at radius 1 is 1.33 bits per heavy atom. The van der Waals surface area contributed by atoms with Crippen molar-refractivity contribution in [2.45, 2.75) is 46.7 Å². The predicted molar refractivity (Wildman–Crippen MR) is 72.6 cm³/mol. The third-order valence-corrected chi connectivity index (χ3v) is 3.86. The van der Waals surface area contributed by atoms with E-state index >= 15 is 0 Å². The summed E-state index contributed by atoms with van der Waals surface area (Å²) in [6, 6.07) is 0. The molecule has 1 aliphatic rings. The van der Waals surface area contributed by atoms with Gasteiger partial charge in [-0.25, -0.2) is 0 Å². The van der Waals surface area contributed by atoms with Gasteiger partial charge in [0.15, 0.2) is 0 Å². The summed E-state index contributed by atoms with van der Waals surface area (Å²) in [5, 5.41) is 8.08. The minimum absolute atomic E-state index is 0.726. The first-order valence-corrected chi connectivity index (χ1v) is 7.03. The largest absolute Gasteiger partial charge is 0.381 e. The standard InChI is InChI=1S/C14H25N3O/c1-4-15-9-14-11(2)16-17(12(14)3)10-13-5-7-18-8-6-13/h13,15H,4-10H2,1-3H3. The van der Waals surface area contributed by atoms with Crippen LogP contribution in [-0.4, -0.2) is 29.5 Å². The van der Waals surface area contributed by atoms with Crippen LogP contribution in [0.1, 0.15) is 36.7 Å². The lowest BCUT2D eigenvalue weighted by Gasteiger charge is -2.22. The average Bonchev–Trinajstić information content (AvgIpc) is 2.64. The monoisotopic (exact) mass is 251 g/mol. The lowest BCUT2D eigenvalue weighted by Crippen LogP contribution is -2.21. The number of hydrogen-bond acceptors (Lipinski definition) is 3. The first kappa shape index (κ1) is 13.6. The minimum Gasteiger partial charge on any atom is -0.381 e. The zero-order valence-corrected chi connectivity index (χ0v) is 11.8. The van der Waals surface area contributed by atoms with Crippen LogP contribution in [0.2, 0.25) is 0 Å². The number of nitrogens with one attached hydrogen (secondary N) is 1. The Kier molecular flexibility index (Phi) is 4.78. The smallest absolute Gasteiger partial charge is 0.0641 e. The molecule has 2 heterocycles. The second kappa shape index (κ2) is 6.34. The highest BCUT2D eigenvalue weighted by Crippen LogP contribution is 2.20. The minimum atomic E-state index is 0.726. The summed E-state index contributed by atoms with van der Waals surface area (Å²) in [6.07, 6.45) is 2.34. The number of nitrogens with zero attached hydrogens (tertiary/aromatic N) is 2. The van der Waals surface area contributed by atoms with Crippen LogP contribution in [0.4, 0.5) is 0 Å². The molecule has 102 valence electrons. The molecule has 0 unspecified atom stereocenters. The molecule has 0 spiro atoms. The van der Waals surface area contributed by atoms with E-state index in [-0.39, 0.29) is 0 Å². The molecular weight excluding hydrogens is 226 g/mol. The average molecular weight is 251 g/mol. The fourth-order valence-electron chi connectivity index (χ4n) is 2.59. The zero-order valence-electron chi connectivity index (χ0n) is 11.8. The molecule has 0 aromatic carbocycles. The Bertz CT molecular complexity index is 381. The highest BCUT2D eigenvalue weighted by molar-refractivity contribution is 5.24. The molecule has 0 bridgehead atoms. The predicted octanol–water partition coefficient (Wildman–Crippen LogP) is 2.04. The van der Waals surface area contributed by atoms with Gasteiger partial charge in [0, 0.05) is 37.6 Å². The van der Waals surface area contributed by atoms with Crippen molar-refractivity contribution in [3.05, 3.63) is 17.0 Å². The van der Waals surface area contributed by atoms with Crippen molar-refractivity contribution in [2.75, 3.05) is 19.8 Å². The summed E-state index contributed by atoms with van der Waals surface area (Å²) >= 11 is 0. The SMILES string of the molecule is CCNCc1c(C)nn(CC2CCOCC2)c1C. The molecule has 4 nitrogen and oxygen atoms in total. The van der Waals surface area contributed by atoms with Gasteiger partial charge in [-0.15, -0.1) is 0 Å². The van der Waals surface area contributed by atoms with Crippen LogP contribution in [0, 0.1) is 19.8 Å². The van der Waals surface area contributed by atoms with E-state index in [0.717, 1.165) is 38.8 Å². The lowest BCUT2D eigenvalue weighted by molar-refractivity contribution is 0.0599. The van der Waals surface area contributed by atoms with Crippen LogP contribution in [0.3, 0.4) is 0 Å². The second-order valence-electron chi connectivity index (χ2n) is 5.17. The Morgan fingerprint density at radius 3 is 2.72 bits per heavy atom. The van der Waals surface area contributed by atoms with Crippen molar-refractivity contribution in [1.29, 1.82) is 0 Å². The third-order valence-electron chi connectivity index (χ3n) is 3.86. The molecule has 2 rings (SSSR count). The van der Waals surface area contributed by atoms with Crippen molar-refractivity contribution in [3.8, 4) is 0 Å². The maximum atomic E-state index is 5.41. The van der Waals surface area contributed by atoms with Gasteiger partial charge in [0.05, 0.1) is 5.69 Å². The van der Waals surface area contributed by atoms with Crippen LogP contribution < -0.4 is 5.32 Å². The number of hydrogen-bond donors (Lipinski definition) is 1. The normalized spacial score (nSPS) is 17.3. The molecule has 4 heteroatoms. The Morgan fingerprint density at radius 2 is 2.06 bits per heavy atom. The summed E-state index contributed by atoms with van der Waals surface area (Å²) < 4.78 is 7.60. The van der Waals surface area contributed by atoms with Crippen LogP contribution >= 0.6 is 0 Å². The fraction of sp³-hybridized carbons (Fsp3) is 0.786. The van der Waals surface area contributed by atoms with Crippen LogP contribution in [0.25, 0.3) is 0 Å². The summed E-state index contributed by atoms with van der Waals surface area (Å²) in [4.78, 5) is 0. The van der Waals surface area contributed by atoms with Crippen molar-refractivity contribution in [1.82, 2.24) is 15.1 Å². The molecular formula is C14H25N3O. The quantitative estimate of drug-likeness (QED) is 0.870. The number of rotatable bonds is 5. The molecule has 0 atom stereocenters. The van der Waals surface area contributed by atoms with Crippen molar-refractivity contribution in [2.24, 2.45) is 5.92 Å². The highest BCUT2D eigenvalue weighted by atomic mass is 16.5. The van der Waals surface area contributed by atoms with Gasteiger partial charge in [-0.1, -0.05) is 6.92 Å². The van der Waals surface area contributed by atoms with E-state index < -0.39 is 0 Å². The van der Waals surface area contributed by atoms with Gasteiger partial charge in [-0.05, 0) is 39.2 Å². The maximum Gasteiger partial charge on any atom is 0.0641 e. The molecule has 1 saturated heterocycles. The summed E-state index contributed by atoms with van der Waals surface area (Å²) in [5.41, 5.74) is 3.85. The number of ether oxygens (including phenoxy) is 1. The van der Waals surface area contributed by atoms with E-state index in [1.807, 2.05) is 0 Å². The first-order chi connectivity index (χ1) is 8.72. The summed E-state index contributed by atoms with van der Waals surface area (Å²) in [6.45, 7) is 11.2. The maximum absolute atomic E-state index is 5.41. The van der Waals surface area contributed by atoms with Gasteiger partial charge in [-0.3, -0.25) is 4.68 Å². The van der Waals surface area contributed by atoms with E-state index in [4.69, 9.17) is 9.84 Å². The number of aromatic nitrogens is 2. The summed E-state index contributed by atoms with van der Waals surface area (Å²) in [7, 11) is 0. The topological polar surface area (TPSA) is 39.1 Å². The lowest BCUT2D eigenvalue weighted by atomic mass is 10.0. The van der Waals surface area contributed by atoms with Gasteiger partial charge in [-0.2, -0.15) is 5.10 Å². The van der Waals surface area contributed by atoms with Gasteiger partial charge in [0.25, 0.3) is 0 Å². The third kappa shape index (κ3) is 3.12. The van der Waals surface area contributed by atoms with Crippen molar-refractivity contribution < 1.29 is 4.74 Å². The van der Waals surface area contributed by atoms with E-state index in [2.05, 4.69) is 30.8 Å². The highest BCUT2D eigenvalue weighted by Gasteiger charge is 2.17. The van der Waals surface area contributed by atoms with E-state index in [0.29, 0.717) is 0 Å². The molecule has 1 aromatic rings. The van der Waals surface area contributed by atoms with Gasteiger partial charge < -0.3 is 10.1 Å². The molecule has 0 aliphatic carbocycles. The van der Waals surface area contributed by atoms with Crippen LogP contribution in [0.5, 0.6) is 0 Å². The molecule has 1 N–H and O–H groups in total. The zero-order chi connectivity index (χ0) is 13.0. The van der Waals surface area contributed by atoms with Crippen molar-refractivity contribution in [3.63, 3.8) is 0 Å². The first-order valence-electron chi connectivity index (χ1n) is 7.03. The van der Waals surface area contributed by atoms with E-state index in [9.17, 15) is 0 Å². The van der Waals surface area contributed by atoms with E-state index in [1.54, 1.807) is 0 Å². The number of aryl methyl sites for hydroxylation is 1. The Hall–Kier alpha value is -0.870. The second-order valence-corrected chi connectivity index (χ2v) is 5.17. The molecule has 0 saturated carbocycles. The molecule has 18 heavy (non-hydrogen) atoms. The van der Waals surface area contributed by atoms with Crippen LogP contribution in [0.15, 0.2) is 0 Å². The van der Waals surface area contributed by atoms with Gasteiger partial charge >= 0.3 is 0 Å². The Labute approximate surface area is 110 Å². The molecule has 0 radical (unpaired) electrons. The fourth-order valence-corrected chi connectivity index (χ4v) is 2.59. The Balaban J connectivity index is 2.03. The summed E-state index contributed by atoms with van der Waals surface area (Å²) in [5.74, 6) is 0.726. The molecule has 1 aliphatic heterocycles. The van der Waals surface area contributed by atoms with Crippen LogP contribution in [-0.2, 0) is 17.8 Å². The molecule has 1 aromatic heterocycles. The van der Waals surface area contributed by atoms with E-state index in [1.165, 1.54) is 29.8 Å². The van der Waals surface area contributed by atoms with Crippen molar-refractivity contribution >= 4 is 0 Å².